The molecule has 0 fully saturated rings. The fraction of sp³-hybridized carbons (Fsp3) is 0.125. The Morgan fingerprint density at radius 1 is 1.32 bits per heavy atom. The summed E-state index contributed by atoms with van der Waals surface area (Å²) in [7, 11) is 0. The lowest BCUT2D eigenvalue weighted by Gasteiger charge is -2.02. The molecule has 3 heterocycles. The van der Waals surface area contributed by atoms with Crippen LogP contribution in [0.5, 0.6) is 0 Å². The van der Waals surface area contributed by atoms with E-state index >= 15 is 0 Å². The second kappa shape index (κ2) is 4.56. The van der Waals surface area contributed by atoms with Crippen molar-refractivity contribution in [2.24, 2.45) is 0 Å². The van der Waals surface area contributed by atoms with Crippen LogP contribution in [0.2, 0.25) is 0 Å². The van der Waals surface area contributed by atoms with Crippen molar-refractivity contribution >= 4 is 16.6 Å². The molecule has 110 valence electrons. The predicted octanol–water partition coefficient (Wildman–Crippen LogP) is 2.54. The van der Waals surface area contributed by atoms with E-state index in [4.69, 9.17) is 0 Å². The highest BCUT2D eigenvalue weighted by molar-refractivity contribution is 5.85. The number of H-pyrrole nitrogens is 2. The third-order valence-corrected chi connectivity index (χ3v) is 3.90. The Balaban J connectivity index is 1.87. The molecule has 4 aromatic rings. The van der Waals surface area contributed by atoms with Gasteiger partial charge in [-0.3, -0.25) is 9.89 Å². The van der Waals surface area contributed by atoms with Gasteiger partial charge in [-0.15, -0.1) is 0 Å². The number of aryl methyl sites for hydroxylation is 1. The van der Waals surface area contributed by atoms with Crippen molar-refractivity contribution in [1.82, 2.24) is 19.6 Å². The zero-order chi connectivity index (χ0) is 15.3. The second-order valence-electron chi connectivity index (χ2n) is 5.31. The molecule has 0 bridgehead atoms. The van der Waals surface area contributed by atoms with Crippen LogP contribution in [0, 0.1) is 12.7 Å². The van der Waals surface area contributed by atoms with Crippen molar-refractivity contribution in [2.45, 2.75) is 13.3 Å². The van der Waals surface area contributed by atoms with Gasteiger partial charge < -0.3 is 4.98 Å². The summed E-state index contributed by atoms with van der Waals surface area (Å²) < 4.78 is 15.2. The van der Waals surface area contributed by atoms with Gasteiger partial charge in [-0.1, -0.05) is 12.1 Å². The van der Waals surface area contributed by atoms with E-state index in [1.165, 1.54) is 16.6 Å². The van der Waals surface area contributed by atoms with Crippen molar-refractivity contribution in [3.05, 3.63) is 69.7 Å². The monoisotopic (exact) mass is 296 g/mol. The summed E-state index contributed by atoms with van der Waals surface area (Å²) in [6.07, 6.45) is 2.14. The first kappa shape index (κ1) is 12.8. The Morgan fingerprint density at radius 3 is 3.05 bits per heavy atom. The van der Waals surface area contributed by atoms with Crippen molar-refractivity contribution in [3.8, 4) is 0 Å². The largest absolute Gasteiger partial charge is 0.356 e. The normalized spacial score (nSPS) is 11.5. The fourth-order valence-electron chi connectivity index (χ4n) is 2.84. The van der Waals surface area contributed by atoms with Gasteiger partial charge in [0.1, 0.15) is 5.82 Å². The molecule has 3 aromatic heterocycles. The third kappa shape index (κ3) is 1.84. The zero-order valence-electron chi connectivity index (χ0n) is 11.9. The summed E-state index contributed by atoms with van der Waals surface area (Å²) in [6.45, 7) is 1.90. The highest BCUT2D eigenvalue weighted by Gasteiger charge is 2.13. The van der Waals surface area contributed by atoms with E-state index in [1.54, 1.807) is 18.3 Å². The Bertz CT molecular complexity index is 1060. The van der Waals surface area contributed by atoms with Crippen LogP contribution in [-0.4, -0.2) is 19.6 Å². The van der Waals surface area contributed by atoms with Gasteiger partial charge in [-0.05, 0) is 18.6 Å². The number of halogens is 1. The molecule has 4 rings (SSSR count). The van der Waals surface area contributed by atoms with Crippen LogP contribution in [0.25, 0.3) is 16.6 Å². The average molecular weight is 296 g/mol. The minimum absolute atomic E-state index is 0.159. The molecule has 0 radical (unpaired) electrons. The fourth-order valence-corrected chi connectivity index (χ4v) is 2.84. The van der Waals surface area contributed by atoms with Crippen molar-refractivity contribution in [3.63, 3.8) is 0 Å². The topological polar surface area (TPSA) is 65.9 Å². The number of benzene rings is 1. The van der Waals surface area contributed by atoms with Gasteiger partial charge in [0.25, 0.3) is 5.56 Å². The van der Waals surface area contributed by atoms with Gasteiger partial charge >= 0.3 is 0 Å². The van der Waals surface area contributed by atoms with Gasteiger partial charge in [-0.25, -0.2) is 13.9 Å². The number of aromatic amines is 2. The van der Waals surface area contributed by atoms with Crippen LogP contribution in [0.15, 0.2) is 41.3 Å². The van der Waals surface area contributed by atoms with Gasteiger partial charge in [0, 0.05) is 35.8 Å². The highest BCUT2D eigenvalue weighted by Crippen LogP contribution is 2.25. The summed E-state index contributed by atoms with van der Waals surface area (Å²) in [5.74, 6) is -0.277. The average Bonchev–Trinajstić information content (AvgIpc) is 3.07. The lowest BCUT2D eigenvalue weighted by Crippen LogP contribution is -2.15. The van der Waals surface area contributed by atoms with E-state index in [0.29, 0.717) is 23.3 Å². The van der Waals surface area contributed by atoms with Crippen LogP contribution in [0.3, 0.4) is 0 Å². The Labute approximate surface area is 124 Å². The zero-order valence-corrected chi connectivity index (χ0v) is 11.9. The molecular formula is C16H13FN4O. The number of nitrogens with zero attached hydrogens (tertiary/aromatic N) is 2. The molecule has 0 saturated carbocycles. The Morgan fingerprint density at radius 2 is 2.18 bits per heavy atom. The molecule has 22 heavy (non-hydrogen) atoms. The molecule has 0 aliphatic carbocycles. The molecule has 0 aliphatic rings. The standard InChI is InChI=1S/C16H13FN4O/c1-9-12(11-3-2-4-13(17)16(11)19-9)7-10-8-15(22)21-14(20-10)5-6-18-21/h2-6,8,18-19H,7H2,1H3. The second-order valence-corrected chi connectivity index (χ2v) is 5.31. The lowest BCUT2D eigenvalue weighted by atomic mass is 10.1. The van der Waals surface area contributed by atoms with Crippen LogP contribution in [0.4, 0.5) is 4.39 Å². The number of rotatable bonds is 2. The first-order valence-electron chi connectivity index (χ1n) is 6.95. The van der Waals surface area contributed by atoms with E-state index in [9.17, 15) is 9.18 Å². The summed E-state index contributed by atoms with van der Waals surface area (Å²) in [5, 5.41) is 3.64. The Kier molecular flexibility index (Phi) is 2.66. The van der Waals surface area contributed by atoms with E-state index in [0.717, 1.165) is 16.6 Å². The van der Waals surface area contributed by atoms with E-state index in [1.807, 2.05) is 13.0 Å². The summed E-state index contributed by atoms with van der Waals surface area (Å²) >= 11 is 0. The first-order chi connectivity index (χ1) is 10.6. The molecule has 2 N–H and O–H groups in total. The predicted molar refractivity (Wildman–Crippen MR) is 81.6 cm³/mol. The molecule has 0 amide bonds. The van der Waals surface area contributed by atoms with Crippen LogP contribution in [-0.2, 0) is 6.42 Å². The van der Waals surface area contributed by atoms with Crippen molar-refractivity contribution in [1.29, 1.82) is 0 Å². The molecule has 0 spiro atoms. The van der Waals surface area contributed by atoms with Gasteiger partial charge in [0.2, 0.25) is 0 Å². The quantitative estimate of drug-likeness (QED) is 0.597. The van der Waals surface area contributed by atoms with Gasteiger partial charge in [0.05, 0.1) is 11.2 Å². The number of para-hydroxylation sites is 1. The van der Waals surface area contributed by atoms with Crippen LogP contribution < -0.4 is 5.56 Å². The van der Waals surface area contributed by atoms with E-state index in [-0.39, 0.29) is 11.4 Å². The molecule has 0 unspecified atom stereocenters. The number of nitrogens with one attached hydrogen (secondary N) is 2. The summed E-state index contributed by atoms with van der Waals surface area (Å²) in [5.41, 5.74) is 3.42. The van der Waals surface area contributed by atoms with Gasteiger partial charge in [0.15, 0.2) is 5.65 Å². The maximum atomic E-state index is 13.8. The third-order valence-electron chi connectivity index (χ3n) is 3.90. The molecule has 1 aromatic carbocycles. The molecule has 5 nitrogen and oxygen atoms in total. The number of hydrogen-bond donors (Lipinski definition) is 2. The minimum Gasteiger partial charge on any atom is -0.356 e. The van der Waals surface area contributed by atoms with Crippen LogP contribution in [0.1, 0.15) is 17.0 Å². The number of fused-ring (bicyclic) bond motifs is 2. The summed E-state index contributed by atoms with van der Waals surface area (Å²) in [6, 6.07) is 8.23. The molecule has 0 saturated heterocycles. The molecule has 0 atom stereocenters. The molecule has 0 aliphatic heterocycles. The SMILES string of the molecule is Cc1[nH]c2c(F)cccc2c1Cc1cc(=O)n2[nH]ccc2n1. The van der Waals surface area contributed by atoms with Crippen molar-refractivity contribution < 1.29 is 4.39 Å². The van der Waals surface area contributed by atoms with Gasteiger partial charge in [-0.2, -0.15) is 0 Å². The lowest BCUT2D eigenvalue weighted by molar-refractivity contribution is 0.637. The Hall–Kier alpha value is -2.89. The van der Waals surface area contributed by atoms with Crippen LogP contribution >= 0.6 is 0 Å². The number of hydrogen-bond acceptors (Lipinski definition) is 2. The maximum absolute atomic E-state index is 13.8. The van der Waals surface area contributed by atoms with Crippen molar-refractivity contribution in [2.75, 3.05) is 0 Å². The highest BCUT2D eigenvalue weighted by atomic mass is 19.1. The molecule has 6 heteroatoms. The molecular weight excluding hydrogens is 283 g/mol. The smallest absolute Gasteiger partial charge is 0.272 e. The summed E-state index contributed by atoms with van der Waals surface area (Å²) in [4.78, 5) is 19.6. The first-order valence-corrected chi connectivity index (χ1v) is 6.95. The maximum Gasteiger partial charge on any atom is 0.272 e. The minimum atomic E-state index is -0.277. The van der Waals surface area contributed by atoms with E-state index < -0.39 is 0 Å². The number of aromatic nitrogens is 4. The van der Waals surface area contributed by atoms with E-state index in [2.05, 4.69) is 15.1 Å².